The Bertz CT molecular complexity index is 2230. The summed E-state index contributed by atoms with van der Waals surface area (Å²) in [5, 5.41) is 97.3. The van der Waals surface area contributed by atoms with Crippen LogP contribution >= 0.6 is 0 Å². The van der Waals surface area contributed by atoms with Crippen LogP contribution in [0.4, 0.5) is 0 Å². The second-order valence-corrected chi connectivity index (χ2v) is 21.0. The first kappa shape index (κ1) is 68.5. The van der Waals surface area contributed by atoms with Crippen molar-refractivity contribution >= 4 is 71.1 Å². The molecular formula is C50H83N11O20. The average Bonchev–Trinajstić information content (AvgIpc) is 3.99. The standard InChI is InChI=1S/C50H83N11O20/c1-24(2)14-11-9-7-5-6-8-10-12-15-27-22-32(66)57-33(26(4)63)41(70)54-25(3)45(74)60-20-17-30(64)36(60)43(72)55-28(16-13-19-53-50(51)52)40(69)58-34(38(67)47(76)77)42(71)56-29(23-62)46(75)61-21-18-31(65)37(61)44(73)59-35(49(80)81-27)39(68)48(78)79/h24-31,33-39,62-65,67-68H,5-23H2,1-4H3,(H,54,70)(H,55,72)(H,56,71)(H,57,66)(H,58,69)(H,59,73)(H,76,77)(H,78,79)(H4,51,52,53). The first-order chi connectivity index (χ1) is 38.1. The number of amides is 8. The number of fused-ring (bicyclic) bond motifs is 2. The van der Waals surface area contributed by atoms with Crippen LogP contribution in [-0.4, -0.2) is 233 Å². The molecule has 3 saturated heterocycles. The lowest BCUT2D eigenvalue weighted by Gasteiger charge is -2.32. The lowest BCUT2D eigenvalue weighted by Crippen LogP contribution is -2.64. The number of carbonyl (C=O) groups excluding carboxylic acids is 9. The topological polar surface area (TPSA) is 502 Å². The van der Waals surface area contributed by atoms with Gasteiger partial charge < -0.3 is 98.8 Å². The number of cyclic esters (lactones) is 1. The molecule has 81 heavy (non-hydrogen) atoms. The molecule has 458 valence electrons. The van der Waals surface area contributed by atoms with Crippen LogP contribution < -0.4 is 43.4 Å². The third-order valence-electron chi connectivity index (χ3n) is 14.0. The van der Waals surface area contributed by atoms with Crippen molar-refractivity contribution in [1.29, 1.82) is 0 Å². The molecule has 0 spiro atoms. The second kappa shape index (κ2) is 33.2. The molecule has 0 aromatic rings. The van der Waals surface area contributed by atoms with Crippen LogP contribution in [0.15, 0.2) is 4.99 Å². The number of hydrogen-bond acceptors (Lipinski definition) is 19. The molecule has 0 aliphatic carbocycles. The highest BCUT2D eigenvalue weighted by molar-refractivity contribution is 6.00. The van der Waals surface area contributed by atoms with Gasteiger partial charge in [0.1, 0.15) is 48.4 Å². The number of rotatable bonds is 21. The molecule has 0 aromatic carbocycles. The number of carboxylic acid groups (broad SMARTS) is 2. The van der Waals surface area contributed by atoms with E-state index >= 15 is 0 Å². The van der Waals surface area contributed by atoms with E-state index in [-0.39, 0.29) is 44.7 Å². The van der Waals surface area contributed by atoms with Crippen LogP contribution in [-0.2, 0) is 57.5 Å². The van der Waals surface area contributed by atoms with Gasteiger partial charge in [0.25, 0.3) is 0 Å². The lowest BCUT2D eigenvalue weighted by atomic mass is 10.0. The van der Waals surface area contributed by atoms with Crippen molar-refractivity contribution in [2.24, 2.45) is 22.4 Å². The molecule has 3 heterocycles. The van der Waals surface area contributed by atoms with E-state index in [0.717, 1.165) is 56.8 Å². The van der Waals surface area contributed by atoms with Gasteiger partial charge in [-0.3, -0.25) is 43.3 Å². The molecule has 14 unspecified atom stereocenters. The highest BCUT2D eigenvalue weighted by Gasteiger charge is 2.48. The molecule has 3 aliphatic heterocycles. The summed E-state index contributed by atoms with van der Waals surface area (Å²) in [6, 6.07) is -16.2. The number of nitrogens with two attached hydrogens (primary N) is 2. The van der Waals surface area contributed by atoms with E-state index in [1.54, 1.807) is 0 Å². The molecule has 3 fully saturated rings. The van der Waals surface area contributed by atoms with Crippen LogP contribution in [0.1, 0.15) is 124 Å². The van der Waals surface area contributed by atoms with E-state index in [1.807, 2.05) is 16.0 Å². The molecule has 3 aliphatic rings. The van der Waals surface area contributed by atoms with Crippen LogP contribution in [0.5, 0.6) is 0 Å². The first-order valence-electron chi connectivity index (χ1n) is 27.3. The third kappa shape index (κ3) is 20.9. The maximum absolute atomic E-state index is 14.1. The monoisotopic (exact) mass is 1160 g/mol. The van der Waals surface area contributed by atoms with Gasteiger partial charge in [-0.1, -0.05) is 65.2 Å². The zero-order valence-electron chi connectivity index (χ0n) is 46.1. The summed E-state index contributed by atoms with van der Waals surface area (Å²) in [5.74, 6) is -15.7. The maximum atomic E-state index is 14.1. The minimum atomic E-state index is -2.81. The van der Waals surface area contributed by atoms with E-state index in [1.165, 1.54) is 6.92 Å². The molecule has 14 atom stereocenters. The number of aliphatic carboxylic acids is 2. The number of aliphatic hydroxyl groups excluding tert-OH is 6. The molecule has 3 rings (SSSR count). The summed E-state index contributed by atoms with van der Waals surface area (Å²) in [5.41, 5.74) is 10.8. The Kier molecular flexibility index (Phi) is 28.1. The predicted octanol–water partition coefficient (Wildman–Crippen LogP) is -5.97. The second-order valence-electron chi connectivity index (χ2n) is 21.0. The Balaban J connectivity index is 2.12. The Hall–Kier alpha value is -6.80. The summed E-state index contributed by atoms with van der Waals surface area (Å²) in [6.07, 6.45) is -6.30. The summed E-state index contributed by atoms with van der Waals surface area (Å²) in [4.78, 5) is 155. The summed E-state index contributed by atoms with van der Waals surface area (Å²) in [7, 11) is 0. The molecule has 0 radical (unpaired) electrons. The van der Waals surface area contributed by atoms with Gasteiger partial charge in [-0.25, -0.2) is 14.4 Å². The normalized spacial score (nSPS) is 28.3. The fourth-order valence-electron chi connectivity index (χ4n) is 9.57. The smallest absolute Gasteiger partial charge is 0.335 e. The number of esters is 1. The quantitative estimate of drug-likeness (QED) is 0.0220. The maximum Gasteiger partial charge on any atom is 0.335 e. The summed E-state index contributed by atoms with van der Waals surface area (Å²) in [6.45, 7) is 4.31. The molecule has 31 nitrogen and oxygen atoms in total. The zero-order valence-corrected chi connectivity index (χ0v) is 46.1. The number of unbranched alkanes of at least 4 members (excludes halogenated alkanes) is 7. The molecule has 0 saturated carbocycles. The molecular weight excluding hydrogens is 1070 g/mol. The number of ether oxygens (including phenoxy) is 1. The van der Waals surface area contributed by atoms with Crippen molar-refractivity contribution in [1.82, 2.24) is 41.7 Å². The van der Waals surface area contributed by atoms with Gasteiger partial charge >= 0.3 is 17.9 Å². The molecule has 31 heteroatoms. The van der Waals surface area contributed by atoms with Gasteiger partial charge in [0.2, 0.25) is 47.3 Å². The summed E-state index contributed by atoms with van der Waals surface area (Å²) >= 11 is 0. The van der Waals surface area contributed by atoms with Crippen LogP contribution in [0.2, 0.25) is 0 Å². The number of aliphatic hydroxyl groups is 6. The van der Waals surface area contributed by atoms with E-state index in [2.05, 4.69) is 34.8 Å². The van der Waals surface area contributed by atoms with Crippen molar-refractivity contribution in [2.75, 3.05) is 26.2 Å². The highest BCUT2D eigenvalue weighted by atomic mass is 16.5. The SMILES string of the molecule is CC(C)CCCCCCCCCCC1CC(=O)NC(C(C)O)C(=O)NC(C)C(=O)N2CCC(O)C2C(=O)NC(CCCN=C(N)N)C(=O)NC(C(O)C(=O)O)C(=O)NC(CO)C(=O)N2CCC(O)C2C(=O)NC(C(O)C(=O)O)C(=O)O1. The van der Waals surface area contributed by atoms with E-state index < -0.39 is 176 Å². The van der Waals surface area contributed by atoms with Gasteiger partial charge in [0.15, 0.2) is 24.2 Å². The Labute approximate surface area is 467 Å². The number of nitrogens with one attached hydrogen (secondary N) is 6. The van der Waals surface area contributed by atoms with Crippen molar-refractivity contribution in [2.45, 2.75) is 209 Å². The molecule has 0 bridgehead atoms. The number of hydrogen-bond donors (Lipinski definition) is 16. The van der Waals surface area contributed by atoms with Crippen LogP contribution in [0.25, 0.3) is 0 Å². The molecule has 8 amide bonds. The zero-order chi connectivity index (χ0) is 60.8. The largest absolute Gasteiger partial charge is 0.479 e. The molecule has 0 aromatic heterocycles. The third-order valence-corrected chi connectivity index (χ3v) is 14.0. The van der Waals surface area contributed by atoms with Crippen molar-refractivity contribution < 1.29 is 98.3 Å². The highest BCUT2D eigenvalue weighted by Crippen LogP contribution is 2.23. The van der Waals surface area contributed by atoms with Crippen molar-refractivity contribution in [3.8, 4) is 0 Å². The van der Waals surface area contributed by atoms with Gasteiger partial charge in [-0.15, -0.1) is 0 Å². The molecule has 18 N–H and O–H groups in total. The fourth-order valence-corrected chi connectivity index (χ4v) is 9.57. The van der Waals surface area contributed by atoms with E-state index in [4.69, 9.17) is 16.2 Å². The van der Waals surface area contributed by atoms with Gasteiger partial charge in [-0.05, 0) is 58.3 Å². The minimum Gasteiger partial charge on any atom is -0.479 e. The average molecular weight is 1160 g/mol. The Morgan fingerprint density at radius 3 is 1.64 bits per heavy atom. The number of guanidine groups is 1. The van der Waals surface area contributed by atoms with Gasteiger partial charge in [0, 0.05) is 19.6 Å². The first-order valence-corrected chi connectivity index (χ1v) is 27.3. The lowest BCUT2D eigenvalue weighted by molar-refractivity contribution is -0.165. The van der Waals surface area contributed by atoms with Gasteiger partial charge in [-0.2, -0.15) is 0 Å². The number of carboxylic acids is 2. The van der Waals surface area contributed by atoms with Crippen molar-refractivity contribution in [3.63, 3.8) is 0 Å². The number of aliphatic imine (C=N–C) groups is 1. The van der Waals surface area contributed by atoms with Crippen LogP contribution in [0.3, 0.4) is 0 Å². The van der Waals surface area contributed by atoms with E-state index in [9.17, 15) is 93.6 Å². The van der Waals surface area contributed by atoms with Crippen LogP contribution in [0, 0.1) is 5.92 Å². The fraction of sp³-hybridized carbons (Fsp3) is 0.760. The summed E-state index contributed by atoms with van der Waals surface area (Å²) < 4.78 is 5.60. The Morgan fingerprint density at radius 2 is 1.11 bits per heavy atom. The minimum absolute atomic E-state index is 0.0739. The van der Waals surface area contributed by atoms with Gasteiger partial charge in [0.05, 0.1) is 31.3 Å². The number of carbonyl (C=O) groups is 11. The van der Waals surface area contributed by atoms with Crippen molar-refractivity contribution in [3.05, 3.63) is 0 Å². The predicted molar refractivity (Wildman–Crippen MR) is 281 cm³/mol. The van der Waals surface area contributed by atoms with E-state index in [0.29, 0.717) is 23.7 Å². The Morgan fingerprint density at radius 1 is 0.617 bits per heavy atom. The number of nitrogens with zero attached hydrogens (tertiary/aromatic N) is 3.